The molecule has 6 heteroatoms. The molecule has 0 N–H and O–H groups in total. The topological polar surface area (TPSA) is 56.0 Å². The molecule has 0 bridgehead atoms. The van der Waals surface area contributed by atoms with Crippen molar-refractivity contribution in [1.82, 2.24) is 4.98 Å². The van der Waals surface area contributed by atoms with Crippen molar-refractivity contribution in [3.05, 3.63) is 34.5 Å². The molecule has 4 nitrogen and oxygen atoms in total. The highest BCUT2D eigenvalue weighted by atomic mass is 32.2. The minimum Gasteiger partial charge on any atom is -0.258 e. The minimum atomic E-state index is -0.293. The van der Waals surface area contributed by atoms with Gasteiger partial charge in [-0.3, -0.25) is 15.1 Å². The van der Waals surface area contributed by atoms with Crippen LogP contribution in [0, 0.1) is 10.1 Å². The first-order chi connectivity index (χ1) is 9.90. The van der Waals surface area contributed by atoms with Crippen LogP contribution in [0.25, 0.3) is 10.9 Å². The van der Waals surface area contributed by atoms with Crippen molar-refractivity contribution in [2.24, 2.45) is 0 Å². The fourth-order valence-electron chi connectivity index (χ4n) is 2.06. The van der Waals surface area contributed by atoms with Gasteiger partial charge in [-0.25, -0.2) is 0 Å². The highest BCUT2D eigenvalue weighted by molar-refractivity contribution is 8.00. The Morgan fingerprint density at radius 3 is 2.33 bits per heavy atom. The van der Waals surface area contributed by atoms with Crippen LogP contribution in [-0.4, -0.2) is 20.4 Å². The summed E-state index contributed by atoms with van der Waals surface area (Å²) in [6.45, 7) is 8.29. The molecule has 1 heterocycles. The molecule has 112 valence electrons. The Bertz CT molecular complexity index is 672. The second-order valence-electron chi connectivity index (χ2n) is 5.21. The van der Waals surface area contributed by atoms with Crippen LogP contribution in [-0.2, 0) is 0 Å². The van der Waals surface area contributed by atoms with Crippen LogP contribution >= 0.6 is 23.5 Å². The molecule has 0 saturated carbocycles. The van der Waals surface area contributed by atoms with Gasteiger partial charge < -0.3 is 0 Å². The van der Waals surface area contributed by atoms with Crippen LogP contribution in [0.3, 0.4) is 0 Å². The number of thioether (sulfide) groups is 2. The van der Waals surface area contributed by atoms with E-state index in [4.69, 9.17) is 0 Å². The molecule has 2 aromatic rings. The predicted octanol–water partition coefficient (Wildman–Crippen LogP) is 5.14. The molecule has 2 rings (SSSR count). The summed E-state index contributed by atoms with van der Waals surface area (Å²) in [5.74, 6) is 0. The van der Waals surface area contributed by atoms with Crippen molar-refractivity contribution in [3.63, 3.8) is 0 Å². The monoisotopic (exact) mass is 322 g/mol. The van der Waals surface area contributed by atoms with Crippen LogP contribution < -0.4 is 0 Å². The Labute approximate surface area is 132 Å². The first-order valence-electron chi connectivity index (χ1n) is 6.79. The summed E-state index contributed by atoms with van der Waals surface area (Å²) in [6, 6.07) is 5.46. The maximum absolute atomic E-state index is 11.5. The fourth-order valence-corrected chi connectivity index (χ4v) is 4.09. The number of fused-ring (bicyclic) bond motifs is 1. The third-order valence-electron chi connectivity index (χ3n) is 2.70. The van der Waals surface area contributed by atoms with Gasteiger partial charge in [0.2, 0.25) is 0 Å². The number of aromatic nitrogens is 1. The fraction of sp³-hybridized carbons (Fsp3) is 0.400. The summed E-state index contributed by atoms with van der Waals surface area (Å²) >= 11 is 3.22. The third-order valence-corrected chi connectivity index (χ3v) is 4.77. The van der Waals surface area contributed by atoms with Crippen molar-refractivity contribution in [1.29, 1.82) is 0 Å². The zero-order chi connectivity index (χ0) is 15.6. The van der Waals surface area contributed by atoms with Gasteiger partial charge in [-0.05, 0) is 18.2 Å². The number of nitrogens with zero attached hydrogens (tertiary/aromatic N) is 2. The van der Waals surface area contributed by atoms with Crippen molar-refractivity contribution < 1.29 is 4.92 Å². The molecular formula is C15H18N2O2S2. The van der Waals surface area contributed by atoms with E-state index in [1.807, 2.05) is 19.9 Å². The maximum atomic E-state index is 11.5. The van der Waals surface area contributed by atoms with E-state index in [1.54, 1.807) is 30.1 Å². The minimum absolute atomic E-state index is 0.171. The second-order valence-corrected chi connectivity index (χ2v) is 8.45. The van der Waals surface area contributed by atoms with Crippen LogP contribution in [0.1, 0.15) is 27.7 Å². The van der Waals surface area contributed by atoms with Crippen LogP contribution in [0.5, 0.6) is 0 Å². The highest BCUT2D eigenvalue weighted by Gasteiger charge is 2.23. The van der Waals surface area contributed by atoms with Crippen molar-refractivity contribution in [3.8, 4) is 0 Å². The molecule has 0 amide bonds. The van der Waals surface area contributed by atoms with Crippen LogP contribution in [0.4, 0.5) is 5.69 Å². The Morgan fingerprint density at radius 1 is 1.14 bits per heavy atom. The molecule has 0 spiro atoms. The van der Waals surface area contributed by atoms with Crippen molar-refractivity contribution >= 4 is 40.1 Å². The zero-order valence-electron chi connectivity index (χ0n) is 12.5. The summed E-state index contributed by atoms with van der Waals surface area (Å²) in [7, 11) is 0. The Hall–Kier alpha value is -1.27. The van der Waals surface area contributed by atoms with Gasteiger partial charge in [-0.1, -0.05) is 27.7 Å². The average molecular weight is 322 g/mol. The summed E-state index contributed by atoms with van der Waals surface area (Å²) in [5.41, 5.74) is 0.890. The largest absolute Gasteiger partial charge is 0.292 e. The lowest BCUT2D eigenvalue weighted by Crippen LogP contribution is -1.98. The van der Waals surface area contributed by atoms with E-state index in [2.05, 4.69) is 18.8 Å². The highest BCUT2D eigenvalue weighted by Crippen LogP contribution is 2.42. The van der Waals surface area contributed by atoms with Gasteiger partial charge in [-0.2, -0.15) is 0 Å². The van der Waals surface area contributed by atoms with Crippen molar-refractivity contribution in [2.75, 3.05) is 0 Å². The standard InChI is InChI=1S/C15H18N2O2S2/c1-9(2)20-12-8-13(21-10(3)4)15(17(18)19)11-6-5-7-16-14(11)12/h5-10H,1-4H3. The first-order valence-corrected chi connectivity index (χ1v) is 8.55. The van der Waals surface area contributed by atoms with Gasteiger partial charge in [0.05, 0.1) is 20.7 Å². The van der Waals surface area contributed by atoms with Crippen molar-refractivity contribution in [2.45, 2.75) is 48.0 Å². The lowest BCUT2D eigenvalue weighted by Gasteiger charge is -2.13. The van der Waals surface area contributed by atoms with E-state index < -0.39 is 0 Å². The van der Waals surface area contributed by atoms with E-state index in [0.29, 0.717) is 10.6 Å². The maximum Gasteiger partial charge on any atom is 0.292 e. The quantitative estimate of drug-likeness (QED) is 0.433. The molecule has 0 unspecified atom stereocenters. The molecule has 0 radical (unpaired) electrons. The van der Waals surface area contributed by atoms with Gasteiger partial charge in [0.25, 0.3) is 5.69 Å². The van der Waals surface area contributed by atoms with Gasteiger partial charge in [0.1, 0.15) is 0 Å². The number of hydrogen-bond acceptors (Lipinski definition) is 5. The van der Waals surface area contributed by atoms with Gasteiger partial charge in [0.15, 0.2) is 0 Å². The molecule has 0 aliphatic rings. The first kappa shape index (κ1) is 16.1. The predicted molar refractivity (Wildman–Crippen MR) is 90.4 cm³/mol. The lowest BCUT2D eigenvalue weighted by atomic mass is 10.2. The summed E-state index contributed by atoms with van der Waals surface area (Å²) in [4.78, 5) is 17.3. The Morgan fingerprint density at radius 2 is 1.76 bits per heavy atom. The molecule has 0 fully saturated rings. The van der Waals surface area contributed by atoms with Crippen LogP contribution in [0.15, 0.2) is 34.2 Å². The zero-order valence-corrected chi connectivity index (χ0v) is 14.1. The smallest absolute Gasteiger partial charge is 0.258 e. The summed E-state index contributed by atoms with van der Waals surface area (Å²) < 4.78 is 0. The third kappa shape index (κ3) is 3.68. The second kappa shape index (κ2) is 6.66. The van der Waals surface area contributed by atoms with E-state index in [0.717, 1.165) is 15.3 Å². The van der Waals surface area contributed by atoms with E-state index in [1.165, 1.54) is 11.8 Å². The lowest BCUT2D eigenvalue weighted by molar-refractivity contribution is -0.385. The SMILES string of the molecule is CC(C)Sc1cc(SC(C)C)c2ncccc2c1[N+](=O)[O-]. The number of nitro groups is 1. The molecule has 0 atom stereocenters. The molecule has 0 aliphatic heterocycles. The van der Waals surface area contributed by atoms with Crippen LogP contribution in [0.2, 0.25) is 0 Å². The van der Waals surface area contributed by atoms with Gasteiger partial charge in [-0.15, -0.1) is 23.5 Å². The number of hydrogen-bond donors (Lipinski definition) is 0. The number of pyridine rings is 1. The summed E-state index contributed by atoms with van der Waals surface area (Å²) in [6.07, 6.45) is 1.69. The van der Waals surface area contributed by atoms with E-state index in [-0.39, 0.29) is 15.9 Å². The number of nitro benzene ring substituents is 1. The number of benzene rings is 1. The average Bonchev–Trinajstić information content (AvgIpc) is 2.36. The molecular weight excluding hydrogens is 304 g/mol. The molecule has 0 aliphatic carbocycles. The normalized spacial score (nSPS) is 11.5. The molecule has 1 aromatic heterocycles. The molecule has 1 aromatic carbocycles. The van der Waals surface area contributed by atoms with E-state index >= 15 is 0 Å². The number of rotatable bonds is 5. The Balaban J connectivity index is 2.74. The van der Waals surface area contributed by atoms with Gasteiger partial charge in [0, 0.05) is 21.6 Å². The molecule has 21 heavy (non-hydrogen) atoms. The Kier molecular flexibility index (Phi) is 5.11. The van der Waals surface area contributed by atoms with E-state index in [9.17, 15) is 10.1 Å². The molecule has 0 saturated heterocycles. The van der Waals surface area contributed by atoms with Gasteiger partial charge >= 0.3 is 0 Å². The summed E-state index contributed by atoms with van der Waals surface area (Å²) in [5, 5.41) is 12.8.